The van der Waals surface area contributed by atoms with Gasteiger partial charge in [0.05, 0.1) is 12.1 Å². The van der Waals surface area contributed by atoms with Gasteiger partial charge in [-0.15, -0.1) is 0 Å². The molecular formula is C15H23N3O. The zero-order chi connectivity index (χ0) is 13.4. The molecule has 1 aromatic rings. The third kappa shape index (κ3) is 2.40. The van der Waals surface area contributed by atoms with Crippen LogP contribution in [0.3, 0.4) is 0 Å². The molecule has 4 heteroatoms. The van der Waals surface area contributed by atoms with E-state index in [2.05, 4.69) is 22.9 Å². The van der Waals surface area contributed by atoms with Gasteiger partial charge in [0.1, 0.15) is 0 Å². The van der Waals surface area contributed by atoms with Crippen LogP contribution in [0.1, 0.15) is 44.2 Å². The number of pyridine rings is 1. The van der Waals surface area contributed by atoms with Crippen molar-refractivity contribution in [2.45, 2.75) is 62.9 Å². The molecule has 4 unspecified atom stereocenters. The molecule has 4 nitrogen and oxygen atoms in total. The van der Waals surface area contributed by atoms with Crippen LogP contribution in [0.5, 0.6) is 0 Å². The van der Waals surface area contributed by atoms with E-state index in [4.69, 9.17) is 5.73 Å². The number of hydrogen-bond donors (Lipinski definition) is 2. The van der Waals surface area contributed by atoms with Crippen molar-refractivity contribution in [2.75, 3.05) is 0 Å². The highest BCUT2D eigenvalue weighted by Crippen LogP contribution is 2.42. The zero-order valence-corrected chi connectivity index (χ0v) is 11.4. The van der Waals surface area contributed by atoms with Gasteiger partial charge in [-0.3, -0.25) is 9.88 Å². The number of nitrogens with two attached hydrogens (primary N) is 1. The molecule has 2 fully saturated rings. The standard InChI is InChI=1S/C15H23N3O/c1-10(16)15(11-3-2-6-17-9-11)18-12-4-5-13(18)8-14(19)7-12/h2-3,6,9-10,12-15,19H,4-5,7-8,16H2,1H3. The summed E-state index contributed by atoms with van der Waals surface area (Å²) in [5, 5.41) is 9.93. The second kappa shape index (κ2) is 5.19. The van der Waals surface area contributed by atoms with E-state index in [1.807, 2.05) is 12.3 Å². The van der Waals surface area contributed by atoms with Crippen LogP contribution in [-0.4, -0.2) is 39.2 Å². The average molecular weight is 261 g/mol. The number of rotatable bonds is 3. The molecule has 3 heterocycles. The third-order valence-electron chi connectivity index (χ3n) is 4.61. The molecule has 0 radical (unpaired) electrons. The van der Waals surface area contributed by atoms with Crippen molar-refractivity contribution in [2.24, 2.45) is 5.73 Å². The highest BCUT2D eigenvalue weighted by atomic mass is 16.3. The predicted molar refractivity (Wildman–Crippen MR) is 74.5 cm³/mol. The normalized spacial score (nSPS) is 34.2. The Morgan fingerprint density at radius 2 is 2.05 bits per heavy atom. The maximum Gasteiger partial charge on any atom is 0.0570 e. The Hall–Kier alpha value is -0.970. The van der Waals surface area contributed by atoms with Crippen LogP contribution < -0.4 is 5.73 Å². The first-order valence-electron chi connectivity index (χ1n) is 7.28. The second-order valence-electron chi connectivity index (χ2n) is 6.05. The third-order valence-corrected chi connectivity index (χ3v) is 4.61. The Bertz CT molecular complexity index is 409. The van der Waals surface area contributed by atoms with Gasteiger partial charge in [0.15, 0.2) is 0 Å². The highest BCUT2D eigenvalue weighted by molar-refractivity contribution is 5.18. The molecule has 0 aromatic carbocycles. The SMILES string of the molecule is CC(N)C(c1cccnc1)N1C2CCC1CC(O)C2. The van der Waals surface area contributed by atoms with Crippen LogP contribution in [-0.2, 0) is 0 Å². The zero-order valence-electron chi connectivity index (χ0n) is 11.4. The number of aromatic nitrogens is 1. The van der Waals surface area contributed by atoms with Crippen molar-refractivity contribution in [1.82, 2.24) is 9.88 Å². The number of nitrogens with zero attached hydrogens (tertiary/aromatic N) is 2. The van der Waals surface area contributed by atoms with Crippen LogP contribution in [0, 0.1) is 0 Å². The molecule has 0 spiro atoms. The van der Waals surface area contributed by atoms with Crippen LogP contribution in [0.15, 0.2) is 24.5 Å². The Labute approximate surface area is 114 Å². The fraction of sp³-hybridized carbons (Fsp3) is 0.667. The van der Waals surface area contributed by atoms with Crippen molar-refractivity contribution in [3.63, 3.8) is 0 Å². The predicted octanol–water partition coefficient (Wildman–Crippen LogP) is 1.46. The Morgan fingerprint density at radius 1 is 1.37 bits per heavy atom. The lowest BCUT2D eigenvalue weighted by molar-refractivity contribution is 0.00403. The number of aliphatic hydroxyl groups excluding tert-OH is 1. The van der Waals surface area contributed by atoms with Crippen LogP contribution in [0.2, 0.25) is 0 Å². The van der Waals surface area contributed by atoms with Gasteiger partial charge in [-0.05, 0) is 44.2 Å². The molecule has 2 aliphatic heterocycles. The summed E-state index contributed by atoms with van der Waals surface area (Å²) in [6.07, 6.45) is 7.75. The van der Waals surface area contributed by atoms with Gasteiger partial charge in [0.25, 0.3) is 0 Å². The van der Waals surface area contributed by atoms with E-state index in [1.54, 1.807) is 6.20 Å². The lowest BCUT2D eigenvalue weighted by Crippen LogP contribution is -2.50. The summed E-state index contributed by atoms with van der Waals surface area (Å²) >= 11 is 0. The van der Waals surface area contributed by atoms with Crippen molar-refractivity contribution in [1.29, 1.82) is 0 Å². The molecule has 2 saturated heterocycles. The first-order chi connectivity index (χ1) is 9.16. The minimum atomic E-state index is -0.128. The molecule has 2 aliphatic rings. The summed E-state index contributed by atoms with van der Waals surface area (Å²) in [4.78, 5) is 6.79. The van der Waals surface area contributed by atoms with Gasteiger partial charge in [-0.1, -0.05) is 6.07 Å². The molecule has 19 heavy (non-hydrogen) atoms. The van der Waals surface area contributed by atoms with Crippen LogP contribution in [0.4, 0.5) is 0 Å². The van der Waals surface area contributed by atoms with Gasteiger partial charge in [0.2, 0.25) is 0 Å². The molecule has 0 saturated carbocycles. The molecule has 4 atom stereocenters. The lowest BCUT2D eigenvalue weighted by Gasteiger charge is -2.44. The van der Waals surface area contributed by atoms with E-state index in [-0.39, 0.29) is 18.2 Å². The Kier molecular flexibility index (Phi) is 3.56. The molecular weight excluding hydrogens is 238 g/mol. The number of aliphatic hydroxyl groups is 1. The number of hydrogen-bond acceptors (Lipinski definition) is 4. The first-order valence-corrected chi connectivity index (χ1v) is 7.28. The fourth-order valence-corrected chi connectivity index (χ4v) is 3.94. The Balaban J connectivity index is 1.90. The summed E-state index contributed by atoms with van der Waals surface area (Å²) in [5.74, 6) is 0. The maximum absolute atomic E-state index is 9.93. The Morgan fingerprint density at radius 3 is 2.58 bits per heavy atom. The van der Waals surface area contributed by atoms with Crippen molar-refractivity contribution < 1.29 is 5.11 Å². The molecule has 0 amide bonds. The van der Waals surface area contributed by atoms with E-state index in [1.165, 1.54) is 18.4 Å². The number of fused-ring (bicyclic) bond motifs is 2. The summed E-state index contributed by atoms with van der Waals surface area (Å²) in [7, 11) is 0. The van der Waals surface area contributed by atoms with Crippen LogP contribution >= 0.6 is 0 Å². The topological polar surface area (TPSA) is 62.4 Å². The van der Waals surface area contributed by atoms with E-state index in [0.717, 1.165) is 12.8 Å². The molecule has 1 aromatic heterocycles. The van der Waals surface area contributed by atoms with E-state index < -0.39 is 0 Å². The summed E-state index contributed by atoms with van der Waals surface area (Å²) < 4.78 is 0. The molecule has 3 rings (SSSR count). The smallest absolute Gasteiger partial charge is 0.0570 e. The van der Waals surface area contributed by atoms with Gasteiger partial charge < -0.3 is 10.8 Å². The lowest BCUT2D eigenvalue weighted by atomic mass is 9.92. The van der Waals surface area contributed by atoms with Gasteiger partial charge >= 0.3 is 0 Å². The van der Waals surface area contributed by atoms with E-state index >= 15 is 0 Å². The quantitative estimate of drug-likeness (QED) is 0.864. The van der Waals surface area contributed by atoms with E-state index in [9.17, 15) is 5.11 Å². The summed E-state index contributed by atoms with van der Waals surface area (Å²) in [5.41, 5.74) is 7.45. The van der Waals surface area contributed by atoms with Crippen molar-refractivity contribution >= 4 is 0 Å². The van der Waals surface area contributed by atoms with E-state index in [0.29, 0.717) is 12.1 Å². The number of piperidine rings is 1. The minimum Gasteiger partial charge on any atom is -0.393 e. The first kappa shape index (κ1) is 13.0. The van der Waals surface area contributed by atoms with Gasteiger partial charge in [0, 0.05) is 30.5 Å². The second-order valence-corrected chi connectivity index (χ2v) is 6.05. The fourth-order valence-electron chi connectivity index (χ4n) is 3.94. The molecule has 104 valence electrons. The maximum atomic E-state index is 9.93. The molecule has 2 bridgehead atoms. The highest BCUT2D eigenvalue weighted by Gasteiger charge is 2.44. The van der Waals surface area contributed by atoms with Crippen molar-refractivity contribution in [3.8, 4) is 0 Å². The monoisotopic (exact) mass is 261 g/mol. The largest absolute Gasteiger partial charge is 0.393 e. The summed E-state index contributed by atoms with van der Waals surface area (Å²) in [6.45, 7) is 2.07. The van der Waals surface area contributed by atoms with Crippen LogP contribution in [0.25, 0.3) is 0 Å². The average Bonchev–Trinajstić information content (AvgIpc) is 2.64. The summed E-state index contributed by atoms with van der Waals surface area (Å²) in [6, 6.07) is 5.34. The minimum absolute atomic E-state index is 0.0718. The van der Waals surface area contributed by atoms with Gasteiger partial charge in [-0.2, -0.15) is 0 Å². The molecule has 3 N–H and O–H groups in total. The van der Waals surface area contributed by atoms with Gasteiger partial charge in [-0.25, -0.2) is 0 Å². The molecule has 0 aliphatic carbocycles. The van der Waals surface area contributed by atoms with Crippen molar-refractivity contribution in [3.05, 3.63) is 30.1 Å².